The number of carboxylic acids is 1. The van der Waals surface area contributed by atoms with Crippen molar-refractivity contribution in [2.24, 2.45) is 11.8 Å². The minimum absolute atomic E-state index is 0.0510. The number of carboxylic acid groups (broad SMARTS) is 1. The SMILES string of the molecule is C[C@@H]1CCC[C@H](C)N1C(=O)NCC1CCC(C(=O)O)CC1. The van der Waals surface area contributed by atoms with Gasteiger partial charge in [-0.25, -0.2) is 4.79 Å². The Labute approximate surface area is 127 Å². The molecule has 2 amide bonds. The summed E-state index contributed by atoms with van der Waals surface area (Å²) in [6.45, 7) is 4.92. The zero-order valence-corrected chi connectivity index (χ0v) is 13.2. The highest BCUT2D eigenvalue weighted by atomic mass is 16.4. The van der Waals surface area contributed by atoms with Crippen LogP contribution in [0.4, 0.5) is 4.79 Å². The molecule has 2 atom stereocenters. The third kappa shape index (κ3) is 4.11. The highest BCUT2D eigenvalue weighted by Gasteiger charge is 2.30. The Balaban J connectivity index is 1.75. The van der Waals surface area contributed by atoms with E-state index in [-0.39, 0.29) is 11.9 Å². The second-order valence-electron chi connectivity index (χ2n) is 6.78. The summed E-state index contributed by atoms with van der Waals surface area (Å²) in [5, 5.41) is 12.1. The van der Waals surface area contributed by atoms with Gasteiger partial charge in [-0.05, 0) is 64.7 Å². The van der Waals surface area contributed by atoms with Crippen LogP contribution >= 0.6 is 0 Å². The van der Waals surface area contributed by atoms with E-state index in [1.54, 1.807) is 0 Å². The van der Waals surface area contributed by atoms with E-state index in [9.17, 15) is 9.59 Å². The summed E-state index contributed by atoms with van der Waals surface area (Å²) < 4.78 is 0. The van der Waals surface area contributed by atoms with Crippen LogP contribution in [0.15, 0.2) is 0 Å². The summed E-state index contributed by atoms with van der Waals surface area (Å²) in [5.41, 5.74) is 0. The fraction of sp³-hybridized carbons (Fsp3) is 0.875. The number of piperidine rings is 1. The van der Waals surface area contributed by atoms with E-state index >= 15 is 0 Å². The van der Waals surface area contributed by atoms with Crippen LogP contribution in [-0.4, -0.2) is 40.6 Å². The van der Waals surface area contributed by atoms with Crippen molar-refractivity contribution in [1.82, 2.24) is 10.2 Å². The summed E-state index contributed by atoms with van der Waals surface area (Å²) in [4.78, 5) is 25.3. The molecule has 0 unspecified atom stereocenters. The second kappa shape index (κ2) is 7.14. The quantitative estimate of drug-likeness (QED) is 0.841. The molecule has 1 saturated carbocycles. The minimum Gasteiger partial charge on any atom is -0.481 e. The summed E-state index contributed by atoms with van der Waals surface area (Å²) in [6.07, 6.45) is 6.66. The lowest BCUT2D eigenvalue weighted by molar-refractivity contribution is -0.143. The van der Waals surface area contributed by atoms with Crippen LogP contribution in [0.1, 0.15) is 58.8 Å². The van der Waals surface area contributed by atoms with Crippen molar-refractivity contribution in [3.05, 3.63) is 0 Å². The summed E-state index contributed by atoms with van der Waals surface area (Å²) >= 11 is 0. The lowest BCUT2D eigenvalue weighted by Gasteiger charge is -2.39. The van der Waals surface area contributed by atoms with Gasteiger partial charge in [0, 0.05) is 18.6 Å². The van der Waals surface area contributed by atoms with Crippen LogP contribution in [0.3, 0.4) is 0 Å². The van der Waals surface area contributed by atoms with Crippen molar-refractivity contribution in [2.75, 3.05) is 6.54 Å². The van der Waals surface area contributed by atoms with E-state index in [2.05, 4.69) is 19.2 Å². The Morgan fingerprint density at radius 3 is 2.14 bits per heavy atom. The van der Waals surface area contributed by atoms with Crippen molar-refractivity contribution < 1.29 is 14.7 Å². The lowest BCUT2D eigenvalue weighted by atomic mass is 9.82. The summed E-state index contributed by atoms with van der Waals surface area (Å²) in [6, 6.07) is 0.683. The Bertz CT molecular complexity index is 368. The highest BCUT2D eigenvalue weighted by molar-refractivity contribution is 5.75. The third-order valence-electron chi connectivity index (χ3n) is 5.17. The van der Waals surface area contributed by atoms with Crippen molar-refractivity contribution in [2.45, 2.75) is 70.9 Å². The molecule has 0 bridgehead atoms. The highest BCUT2D eigenvalue weighted by Crippen LogP contribution is 2.28. The molecule has 0 spiro atoms. The molecule has 21 heavy (non-hydrogen) atoms. The van der Waals surface area contributed by atoms with Gasteiger partial charge in [-0.15, -0.1) is 0 Å². The molecule has 2 rings (SSSR count). The maximum absolute atomic E-state index is 12.4. The van der Waals surface area contributed by atoms with Crippen molar-refractivity contribution in [1.29, 1.82) is 0 Å². The number of hydrogen-bond acceptors (Lipinski definition) is 2. The van der Waals surface area contributed by atoms with Crippen LogP contribution in [0.5, 0.6) is 0 Å². The van der Waals surface area contributed by atoms with Gasteiger partial charge in [0.2, 0.25) is 0 Å². The van der Waals surface area contributed by atoms with Gasteiger partial charge in [-0.1, -0.05) is 0 Å². The first-order valence-electron chi connectivity index (χ1n) is 8.28. The van der Waals surface area contributed by atoms with E-state index < -0.39 is 5.97 Å². The lowest BCUT2D eigenvalue weighted by Crippen LogP contribution is -2.52. The van der Waals surface area contributed by atoms with Gasteiger partial charge in [0.25, 0.3) is 0 Å². The van der Waals surface area contributed by atoms with Gasteiger partial charge >= 0.3 is 12.0 Å². The number of carbonyl (C=O) groups is 2. The molecule has 2 N–H and O–H groups in total. The molecular formula is C16H28N2O3. The van der Waals surface area contributed by atoms with E-state index in [0.717, 1.165) is 38.5 Å². The van der Waals surface area contributed by atoms with E-state index in [1.807, 2.05) is 4.90 Å². The first-order chi connectivity index (χ1) is 9.99. The van der Waals surface area contributed by atoms with Crippen LogP contribution in [0, 0.1) is 11.8 Å². The number of hydrogen-bond donors (Lipinski definition) is 2. The molecule has 5 nitrogen and oxygen atoms in total. The molecule has 0 aromatic rings. The maximum Gasteiger partial charge on any atom is 0.317 e. The average molecular weight is 296 g/mol. The van der Waals surface area contributed by atoms with Crippen molar-refractivity contribution >= 4 is 12.0 Å². The monoisotopic (exact) mass is 296 g/mol. The van der Waals surface area contributed by atoms with E-state index in [0.29, 0.717) is 24.5 Å². The Morgan fingerprint density at radius 1 is 1.05 bits per heavy atom. The Kier molecular flexibility index (Phi) is 5.48. The number of nitrogens with one attached hydrogen (secondary N) is 1. The molecule has 2 aliphatic rings. The number of nitrogens with zero attached hydrogens (tertiary/aromatic N) is 1. The predicted molar refractivity (Wildman–Crippen MR) is 81.1 cm³/mol. The minimum atomic E-state index is -0.673. The topological polar surface area (TPSA) is 69.6 Å². The summed E-state index contributed by atoms with van der Waals surface area (Å²) in [7, 11) is 0. The van der Waals surface area contributed by atoms with Crippen LogP contribution in [-0.2, 0) is 4.79 Å². The molecule has 0 aromatic carbocycles. The van der Waals surface area contributed by atoms with Crippen LogP contribution in [0.2, 0.25) is 0 Å². The number of carbonyl (C=O) groups excluding carboxylic acids is 1. The van der Waals surface area contributed by atoms with Crippen molar-refractivity contribution in [3.8, 4) is 0 Å². The van der Waals surface area contributed by atoms with E-state index in [4.69, 9.17) is 5.11 Å². The first-order valence-corrected chi connectivity index (χ1v) is 8.28. The number of urea groups is 1. The van der Waals surface area contributed by atoms with Crippen molar-refractivity contribution in [3.63, 3.8) is 0 Å². The van der Waals surface area contributed by atoms with E-state index in [1.165, 1.54) is 6.42 Å². The Morgan fingerprint density at radius 2 is 1.62 bits per heavy atom. The first kappa shape index (κ1) is 16.1. The smallest absolute Gasteiger partial charge is 0.317 e. The molecule has 120 valence electrons. The number of likely N-dealkylation sites (tertiary alicyclic amines) is 1. The molecular weight excluding hydrogens is 268 g/mol. The third-order valence-corrected chi connectivity index (χ3v) is 5.17. The average Bonchev–Trinajstić information content (AvgIpc) is 2.45. The normalized spacial score (nSPS) is 33.5. The van der Waals surface area contributed by atoms with Gasteiger partial charge in [-0.3, -0.25) is 4.79 Å². The van der Waals surface area contributed by atoms with Crippen LogP contribution < -0.4 is 5.32 Å². The predicted octanol–water partition coefficient (Wildman–Crippen LogP) is 2.85. The molecule has 2 fully saturated rings. The van der Waals surface area contributed by atoms with Gasteiger partial charge in [-0.2, -0.15) is 0 Å². The van der Waals surface area contributed by atoms with Gasteiger partial charge in [0.15, 0.2) is 0 Å². The largest absolute Gasteiger partial charge is 0.481 e. The molecule has 0 radical (unpaired) electrons. The number of rotatable bonds is 3. The van der Waals surface area contributed by atoms with Gasteiger partial charge in [0.05, 0.1) is 5.92 Å². The Hall–Kier alpha value is -1.26. The fourth-order valence-electron chi connectivity index (χ4n) is 3.76. The molecule has 1 aliphatic heterocycles. The van der Waals surface area contributed by atoms with Gasteiger partial charge in [0.1, 0.15) is 0 Å². The zero-order chi connectivity index (χ0) is 15.4. The standard InChI is InChI=1S/C16H28N2O3/c1-11-4-3-5-12(2)18(11)16(21)17-10-13-6-8-14(9-7-13)15(19)20/h11-14H,3-10H2,1-2H3,(H,17,21)(H,19,20)/t11-,12+,13?,14?. The molecule has 5 heteroatoms. The number of amides is 2. The van der Waals surface area contributed by atoms with Crippen LogP contribution in [0.25, 0.3) is 0 Å². The molecule has 1 saturated heterocycles. The number of aliphatic carboxylic acids is 1. The fourth-order valence-corrected chi connectivity index (χ4v) is 3.76. The molecule has 0 aromatic heterocycles. The van der Waals surface area contributed by atoms with Gasteiger partial charge < -0.3 is 15.3 Å². The zero-order valence-electron chi connectivity index (χ0n) is 13.2. The summed E-state index contributed by atoms with van der Waals surface area (Å²) in [5.74, 6) is -0.424. The molecule has 1 heterocycles. The molecule has 1 aliphatic carbocycles. The second-order valence-corrected chi connectivity index (χ2v) is 6.78. The maximum atomic E-state index is 12.4.